The number of fused-ring (bicyclic) bond motifs is 3. The zero-order chi connectivity index (χ0) is 26.7. The summed E-state index contributed by atoms with van der Waals surface area (Å²) >= 11 is 1.23. The number of aromatic nitrogens is 4. The lowest BCUT2D eigenvalue weighted by molar-refractivity contribution is -0.113. The third kappa shape index (κ3) is 5.85. The monoisotopic (exact) mass is 520 g/mol. The van der Waals surface area contributed by atoms with Crippen molar-refractivity contribution >= 4 is 45.9 Å². The number of benzene rings is 2. The normalized spacial score (nSPS) is 12.3. The lowest BCUT2D eigenvalue weighted by Crippen LogP contribution is -2.32. The second-order valence-corrected chi connectivity index (χ2v) is 10.6. The number of hydrogen-bond donors (Lipinski definition) is 2. The van der Waals surface area contributed by atoms with E-state index in [1.165, 1.54) is 11.8 Å². The van der Waals surface area contributed by atoms with Crippen molar-refractivity contribution in [1.82, 2.24) is 24.5 Å². The molecule has 1 atom stereocenters. The number of carbonyl (C=O) groups is 2. The minimum atomic E-state index is -0.212. The molecule has 0 aliphatic carbocycles. The van der Waals surface area contributed by atoms with Gasteiger partial charge < -0.3 is 10.6 Å². The Labute approximate surface area is 219 Å². The van der Waals surface area contributed by atoms with Gasteiger partial charge in [-0.1, -0.05) is 44.7 Å². The second-order valence-electron chi connectivity index (χ2n) is 9.65. The molecule has 4 aromatic rings. The smallest absolute Gasteiger partial charge is 0.262 e. The number of amides is 2. The summed E-state index contributed by atoms with van der Waals surface area (Å²) in [5, 5.41) is 15.4. The standard InChI is InChI=1S/C27H32N6O3S/c1-6-18(5)28-24(35)19-10-11-21-22(13-19)33-26(32(25(21)36)14-16(2)3)30-31-27(33)37-15-23(34)29-20-9-7-8-17(4)12-20/h7-13,16,18H,6,14-15H2,1-5H3,(H,28,35)(H,29,34). The molecule has 194 valence electrons. The average molecular weight is 521 g/mol. The van der Waals surface area contributed by atoms with Crippen LogP contribution in [0.2, 0.25) is 0 Å². The molecule has 37 heavy (non-hydrogen) atoms. The molecule has 0 aliphatic heterocycles. The van der Waals surface area contributed by atoms with E-state index in [-0.39, 0.29) is 35.1 Å². The highest BCUT2D eigenvalue weighted by Gasteiger charge is 2.20. The van der Waals surface area contributed by atoms with E-state index >= 15 is 0 Å². The summed E-state index contributed by atoms with van der Waals surface area (Å²) in [4.78, 5) is 38.9. The molecule has 2 aromatic heterocycles. The van der Waals surface area contributed by atoms with E-state index in [0.29, 0.717) is 33.9 Å². The van der Waals surface area contributed by atoms with Gasteiger partial charge in [-0.2, -0.15) is 0 Å². The van der Waals surface area contributed by atoms with E-state index in [4.69, 9.17) is 0 Å². The minimum Gasteiger partial charge on any atom is -0.350 e. The van der Waals surface area contributed by atoms with Crippen LogP contribution in [0, 0.1) is 12.8 Å². The van der Waals surface area contributed by atoms with Gasteiger partial charge in [0.1, 0.15) is 0 Å². The molecule has 0 fully saturated rings. The molecular weight excluding hydrogens is 488 g/mol. The van der Waals surface area contributed by atoms with E-state index < -0.39 is 0 Å². The summed E-state index contributed by atoms with van der Waals surface area (Å²) in [7, 11) is 0. The summed E-state index contributed by atoms with van der Waals surface area (Å²) in [5.74, 6) is 0.296. The number of anilines is 1. The van der Waals surface area contributed by atoms with Crippen LogP contribution in [-0.2, 0) is 11.3 Å². The number of nitrogens with one attached hydrogen (secondary N) is 2. The zero-order valence-electron chi connectivity index (χ0n) is 21.7. The van der Waals surface area contributed by atoms with Crippen LogP contribution in [-0.4, -0.2) is 42.8 Å². The maximum absolute atomic E-state index is 13.4. The molecule has 0 radical (unpaired) electrons. The van der Waals surface area contributed by atoms with Crippen LogP contribution >= 0.6 is 11.8 Å². The summed E-state index contributed by atoms with van der Waals surface area (Å²) in [6.07, 6.45) is 0.806. The number of rotatable bonds is 9. The first-order valence-electron chi connectivity index (χ1n) is 12.4. The molecule has 0 aliphatic rings. The Morgan fingerprint density at radius 2 is 1.86 bits per heavy atom. The first-order chi connectivity index (χ1) is 17.7. The highest BCUT2D eigenvalue weighted by molar-refractivity contribution is 7.99. The molecule has 10 heteroatoms. The van der Waals surface area contributed by atoms with Gasteiger partial charge in [-0.25, -0.2) is 0 Å². The Morgan fingerprint density at radius 1 is 1.08 bits per heavy atom. The van der Waals surface area contributed by atoms with Crippen molar-refractivity contribution in [3.8, 4) is 0 Å². The van der Waals surface area contributed by atoms with Gasteiger partial charge in [-0.15, -0.1) is 10.2 Å². The van der Waals surface area contributed by atoms with Crippen LogP contribution in [0.15, 0.2) is 52.4 Å². The van der Waals surface area contributed by atoms with E-state index in [1.54, 1.807) is 27.2 Å². The molecule has 0 saturated carbocycles. The summed E-state index contributed by atoms with van der Waals surface area (Å²) < 4.78 is 3.37. The van der Waals surface area contributed by atoms with Crippen LogP contribution in [0.5, 0.6) is 0 Å². The Kier molecular flexibility index (Phi) is 7.97. The molecule has 0 spiro atoms. The lowest BCUT2D eigenvalue weighted by Gasteiger charge is -2.15. The minimum absolute atomic E-state index is 0.0233. The van der Waals surface area contributed by atoms with Gasteiger partial charge in [0, 0.05) is 23.8 Å². The third-order valence-corrected chi connectivity index (χ3v) is 6.93. The molecular formula is C27H32N6O3S. The van der Waals surface area contributed by atoms with Gasteiger partial charge >= 0.3 is 0 Å². The van der Waals surface area contributed by atoms with Crippen molar-refractivity contribution < 1.29 is 9.59 Å². The van der Waals surface area contributed by atoms with Crippen molar-refractivity contribution in [2.45, 2.75) is 58.8 Å². The number of aryl methyl sites for hydroxylation is 1. The largest absolute Gasteiger partial charge is 0.350 e. The molecule has 0 bridgehead atoms. The Hall–Kier alpha value is -3.66. The van der Waals surface area contributed by atoms with Gasteiger partial charge in [0.25, 0.3) is 11.5 Å². The van der Waals surface area contributed by atoms with Crippen LogP contribution in [0.1, 0.15) is 50.0 Å². The SMILES string of the molecule is CCC(C)NC(=O)c1ccc2c(=O)n(CC(C)C)c3nnc(SCC(=O)Nc4cccc(C)c4)n3c2c1. The first kappa shape index (κ1) is 26.4. The van der Waals surface area contributed by atoms with Gasteiger partial charge in [-0.3, -0.25) is 23.4 Å². The van der Waals surface area contributed by atoms with Crippen LogP contribution in [0.4, 0.5) is 5.69 Å². The summed E-state index contributed by atoms with van der Waals surface area (Å²) in [6, 6.07) is 12.7. The van der Waals surface area contributed by atoms with Crippen molar-refractivity contribution in [3.05, 3.63) is 63.9 Å². The molecule has 9 nitrogen and oxygen atoms in total. The Bertz CT molecular complexity index is 1520. The van der Waals surface area contributed by atoms with Crippen LogP contribution < -0.4 is 16.2 Å². The number of thioether (sulfide) groups is 1. The molecule has 4 rings (SSSR count). The predicted molar refractivity (Wildman–Crippen MR) is 147 cm³/mol. The molecule has 2 amide bonds. The predicted octanol–water partition coefficient (Wildman–Crippen LogP) is 4.27. The maximum Gasteiger partial charge on any atom is 0.262 e. The van der Waals surface area contributed by atoms with E-state index in [9.17, 15) is 14.4 Å². The van der Waals surface area contributed by atoms with Crippen molar-refractivity contribution in [3.63, 3.8) is 0 Å². The van der Waals surface area contributed by atoms with Crippen molar-refractivity contribution in [1.29, 1.82) is 0 Å². The van der Waals surface area contributed by atoms with Gasteiger partial charge in [0.05, 0.1) is 16.7 Å². The lowest BCUT2D eigenvalue weighted by atomic mass is 10.1. The molecule has 2 N–H and O–H groups in total. The fourth-order valence-electron chi connectivity index (χ4n) is 4.01. The molecule has 0 saturated heterocycles. The number of carbonyl (C=O) groups excluding carboxylic acids is 2. The third-order valence-electron chi connectivity index (χ3n) is 6.01. The van der Waals surface area contributed by atoms with E-state index in [2.05, 4.69) is 20.8 Å². The van der Waals surface area contributed by atoms with Gasteiger partial charge in [0.2, 0.25) is 11.7 Å². The highest BCUT2D eigenvalue weighted by atomic mass is 32.2. The van der Waals surface area contributed by atoms with Gasteiger partial charge in [-0.05, 0) is 62.1 Å². The van der Waals surface area contributed by atoms with Gasteiger partial charge in [0.15, 0.2) is 5.16 Å². The number of nitrogens with zero attached hydrogens (tertiary/aromatic N) is 4. The second kappa shape index (κ2) is 11.2. The van der Waals surface area contributed by atoms with E-state index in [1.807, 2.05) is 58.9 Å². The summed E-state index contributed by atoms with van der Waals surface area (Å²) in [6.45, 7) is 10.4. The molecule has 2 aromatic carbocycles. The molecule has 2 heterocycles. The fourth-order valence-corrected chi connectivity index (χ4v) is 4.75. The van der Waals surface area contributed by atoms with Crippen LogP contribution in [0.25, 0.3) is 16.7 Å². The average Bonchev–Trinajstić information content (AvgIpc) is 3.28. The highest BCUT2D eigenvalue weighted by Crippen LogP contribution is 2.23. The quantitative estimate of drug-likeness (QED) is 0.319. The summed E-state index contributed by atoms with van der Waals surface area (Å²) in [5.41, 5.74) is 2.56. The number of hydrogen-bond acceptors (Lipinski definition) is 6. The van der Waals surface area contributed by atoms with Crippen molar-refractivity contribution in [2.75, 3.05) is 11.1 Å². The molecule has 1 unspecified atom stereocenters. The Balaban J connectivity index is 1.74. The topological polar surface area (TPSA) is 110 Å². The maximum atomic E-state index is 13.4. The van der Waals surface area contributed by atoms with E-state index in [0.717, 1.165) is 17.7 Å². The fraction of sp³-hybridized carbons (Fsp3) is 0.370. The zero-order valence-corrected chi connectivity index (χ0v) is 22.6. The van der Waals surface area contributed by atoms with Crippen molar-refractivity contribution in [2.24, 2.45) is 5.92 Å². The first-order valence-corrected chi connectivity index (χ1v) is 13.4. The Morgan fingerprint density at radius 3 is 2.57 bits per heavy atom. The van der Waals surface area contributed by atoms with Crippen LogP contribution in [0.3, 0.4) is 0 Å².